The molecule has 1 rings (SSSR count). The molecule has 0 unspecified atom stereocenters. The smallest absolute Gasteiger partial charge is 0.190 e. The van der Waals surface area contributed by atoms with E-state index >= 15 is 0 Å². The summed E-state index contributed by atoms with van der Waals surface area (Å²) in [5, 5.41) is 6.48. The van der Waals surface area contributed by atoms with E-state index in [0.29, 0.717) is 0 Å². The van der Waals surface area contributed by atoms with Crippen LogP contribution in [0.25, 0.3) is 0 Å². The van der Waals surface area contributed by atoms with Gasteiger partial charge in [0.2, 0.25) is 0 Å². The van der Waals surface area contributed by atoms with Crippen LogP contribution >= 0.6 is 24.0 Å². The Bertz CT molecular complexity index is 430. The molecule has 0 fully saturated rings. The molecule has 1 aromatic rings. The SMILES string of the molecule is CCOCCCNC(=NC)NCCCc1cccc(F)c1.I. The maximum absolute atomic E-state index is 13.0. The van der Waals surface area contributed by atoms with E-state index in [0.717, 1.165) is 57.1 Å². The molecule has 2 N–H and O–H groups in total. The topological polar surface area (TPSA) is 45.6 Å². The number of aryl methyl sites for hydroxylation is 1. The Morgan fingerprint density at radius 1 is 1.23 bits per heavy atom. The van der Waals surface area contributed by atoms with Crippen LogP contribution in [-0.2, 0) is 11.2 Å². The normalized spacial score (nSPS) is 11.0. The van der Waals surface area contributed by atoms with Gasteiger partial charge in [-0.05, 0) is 43.9 Å². The molecule has 0 saturated heterocycles. The number of halogens is 2. The van der Waals surface area contributed by atoms with Crippen molar-refractivity contribution >= 4 is 29.9 Å². The summed E-state index contributed by atoms with van der Waals surface area (Å²) in [6.45, 7) is 5.16. The van der Waals surface area contributed by atoms with E-state index in [-0.39, 0.29) is 29.8 Å². The molecular formula is C16H27FIN3O. The van der Waals surface area contributed by atoms with Crippen molar-refractivity contribution in [3.05, 3.63) is 35.6 Å². The van der Waals surface area contributed by atoms with Gasteiger partial charge in [0.15, 0.2) is 5.96 Å². The van der Waals surface area contributed by atoms with Gasteiger partial charge in [0.05, 0.1) is 0 Å². The molecule has 1 aromatic carbocycles. The van der Waals surface area contributed by atoms with Crippen LogP contribution in [0.3, 0.4) is 0 Å². The molecule has 0 aliphatic heterocycles. The summed E-state index contributed by atoms with van der Waals surface area (Å²) in [6, 6.07) is 6.75. The fourth-order valence-electron chi connectivity index (χ4n) is 1.94. The Hall–Kier alpha value is -0.890. The summed E-state index contributed by atoms with van der Waals surface area (Å²) in [7, 11) is 1.75. The van der Waals surface area contributed by atoms with Gasteiger partial charge in [-0.3, -0.25) is 4.99 Å². The molecule has 0 atom stereocenters. The van der Waals surface area contributed by atoms with Gasteiger partial charge in [0.25, 0.3) is 0 Å². The molecule has 0 aliphatic rings. The van der Waals surface area contributed by atoms with E-state index in [2.05, 4.69) is 15.6 Å². The molecule has 0 radical (unpaired) electrons. The van der Waals surface area contributed by atoms with Gasteiger partial charge in [-0.15, -0.1) is 24.0 Å². The number of nitrogens with zero attached hydrogens (tertiary/aromatic N) is 1. The highest BCUT2D eigenvalue weighted by atomic mass is 127. The Balaban J connectivity index is 0.00000441. The van der Waals surface area contributed by atoms with Gasteiger partial charge in [-0.1, -0.05) is 12.1 Å². The second kappa shape index (κ2) is 13.8. The van der Waals surface area contributed by atoms with E-state index < -0.39 is 0 Å². The fraction of sp³-hybridized carbons (Fsp3) is 0.562. The van der Waals surface area contributed by atoms with E-state index in [1.165, 1.54) is 6.07 Å². The lowest BCUT2D eigenvalue weighted by Gasteiger charge is -2.11. The summed E-state index contributed by atoms with van der Waals surface area (Å²) < 4.78 is 18.3. The van der Waals surface area contributed by atoms with Crippen LogP contribution in [0, 0.1) is 5.82 Å². The molecule has 0 amide bonds. The lowest BCUT2D eigenvalue weighted by molar-refractivity contribution is 0.145. The number of hydrogen-bond acceptors (Lipinski definition) is 2. The van der Waals surface area contributed by atoms with Gasteiger partial charge in [-0.2, -0.15) is 0 Å². The number of aliphatic imine (C=N–C) groups is 1. The number of guanidine groups is 1. The highest BCUT2D eigenvalue weighted by Crippen LogP contribution is 2.05. The van der Waals surface area contributed by atoms with Crippen LogP contribution in [0.2, 0.25) is 0 Å². The number of ether oxygens (including phenoxy) is 1. The zero-order chi connectivity index (χ0) is 15.3. The van der Waals surface area contributed by atoms with Crippen LogP contribution in [-0.4, -0.2) is 39.3 Å². The Morgan fingerprint density at radius 3 is 2.59 bits per heavy atom. The molecule has 126 valence electrons. The third-order valence-corrected chi connectivity index (χ3v) is 3.01. The number of hydrogen-bond donors (Lipinski definition) is 2. The summed E-state index contributed by atoms with van der Waals surface area (Å²) in [6.07, 6.45) is 2.74. The average Bonchev–Trinajstić information content (AvgIpc) is 2.49. The molecule has 0 heterocycles. The monoisotopic (exact) mass is 423 g/mol. The maximum Gasteiger partial charge on any atom is 0.190 e. The van der Waals surface area contributed by atoms with Gasteiger partial charge < -0.3 is 15.4 Å². The largest absolute Gasteiger partial charge is 0.382 e. The first-order valence-electron chi connectivity index (χ1n) is 7.53. The van der Waals surface area contributed by atoms with Gasteiger partial charge in [0.1, 0.15) is 5.82 Å². The average molecular weight is 423 g/mol. The predicted molar refractivity (Wildman–Crippen MR) is 101 cm³/mol. The third kappa shape index (κ3) is 9.94. The van der Waals surface area contributed by atoms with E-state index in [1.54, 1.807) is 19.2 Å². The van der Waals surface area contributed by atoms with E-state index in [9.17, 15) is 4.39 Å². The molecule has 0 bridgehead atoms. The summed E-state index contributed by atoms with van der Waals surface area (Å²) in [4.78, 5) is 4.16. The molecule has 0 aliphatic carbocycles. The van der Waals surface area contributed by atoms with Crippen molar-refractivity contribution in [2.24, 2.45) is 4.99 Å². The number of nitrogens with one attached hydrogen (secondary N) is 2. The van der Waals surface area contributed by atoms with Crippen molar-refractivity contribution in [1.29, 1.82) is 0 Å². The van der Waals surface area contributed by atoms with E-state index in [4.69, 9.17) is 4.74 Å². The lowest BCUT2D eigenvalue weighted by Crippen LogP contribution is -2.38. The molecule has 22 heavy (non-hydrogen) atoms. The van der Waals surface area contributed by atoms with Gasteiger partial charge in [0, 0.05) is 33.4 Å². The van der Waals surface area contributed by atoms with Crippen molar-refractivity contribution in [1.82, 2.24) is 10.6 Å². The minimum Gasteiger partial charge on any atom is -0.382 e. The predicted octanol–water partition coefficient (Wildman–Crippen LogP) is 2.97. The van der Waals surface area contributed by atoms with Crippen LogP contribution in [0.5, 0.6) is 0 Å². The zero-order valence-electron chi connectivity index (χ0n) is 13.4. The van der Waals surface area contributed by atoms with Crippen molar-refractivity contribution in [2.45, 2.75) is 26.2 Å². The minimum absolute atomic E-state index is 0. The first-order valence-corrected chi connectivity index (χ1v) is 7.53. The second-order valence-corrected chi connectivity index (χ2v) is 4.71. The quantitative estimate of drug-likeness (QED) is 0.278. The van der Waals surface area contributed by atoms with Crippen molar-refractivity contribution in [2.75, 3.05) is 33.4 Å². The Kier molecular flexibility index (Phi) is 13.2. The third-order valence-electron chi connectivity index (χ3n) is 3.01. The fourth-order valence-corrected chi connectivity index (χ4v) is 1.94. The highest BCUT2D eigenvalue weighted by molar-refractivity contribution is 14.0. The molecular weight excluding hydrogens is 396 g/mol. The summed E-state index contributed by atoms with van der Waals surface area (Å²) in [5.74, 6) is 0.623. The van der Waals surface area contributed by atoms with Gasteiger partial charge in [-0.25, -0.2) is 4.39 Å². The van der Waals surface area contributed by atoms with Crippen LogP contribution in [0.1, 0.15) is 25.3 Å². The standard InChI is InChI=1S/C16H26FN3O.HI/c1-3-21-12-6-11-20-16(18-2)19-10-5-8-14-7-4-9-15(17)13-14;/h4,7,9,13H,3,5-6,8,10-12H2,1-2H3,(H2,18,19,20);1H. The number of rotatable bonds is 9. The molecule has 4 nitrogen and oxygen atoms in total. The van der Waals surface area contributed by atoms with E-state index in [1.807, 2.05) is 13.0 Å². The minimum atomic E-state index is -0.174. The summed E-state index contributed by atoms with van der Waals surface area (Å²) >= 11 is 0. The molecule has 6 heteroatoms. The lowest BCUT2D eigenvalue weighted by atomic mass is 10.1. The van der Waals surface area contributed by atoms with Crippen molar-refractivity contribution in [3.63, 3.8) is 0 Å². The zero-order valence-corrected chi connectivity index (χ0v) is 15.7. The maximum atomic E-state index is 13.0. The molecule has 0 aromatic heterocycles. The van der Waals surface area contributed by atoms with Crippen molar-refractivity contribution in [3.8, 4) is 0 Å². The Morgan fingerprint density at radius 2 is 1.95 bits per heavy atom. The molecule has 0 spiro atoms. The van der Waals surface area contributed by atoms with Crippen LogP contribution in [0.15, 0.2) is 29.3 Å². The second-order valence-electron chi connectivity index (χ2n) is 4.71. The van der Waals surface area contributed by atoms with Crippen LogP contribution < -0.4 is 10.6 Å². The van der Waals surface area contributed by atoms with Gasteiger partial charge >= 0.3 is 0 Å². The summed E-state index contributed by atoms with van der Waals surface area (Å²) in [5.41, 5.74) is 1.02. The molecule has 0 saturated carbocycles. The first-order chi connectivity index (χ1) is 10.3. The first kappa shape index (κ1) is 21.1. The highest BCUT2D eigenvalue weighted by Gasteiger charge is 1.98. The van der Waals surface area contributed by atoms with Crippen molar-refractivity contribution < 1.29 is 9.13 Å². The number of benzene rings is 1. The Labute approximate surface area is 149 Å². The van der Waals surface area contributed by atoms with Crippen LogP contribution in [0.4, 0.5) is 4.39 Å².